The van der Waals surface area contributed by atoms with Crippen molar-refractivity contribution in [3.8, 4) is 6.07 Å². The van der Waals surface area contributed by atoms with Crippen LogP contribution in [0.4, 0.5) is 0 Å². The Balaban J connectivity index is 1.45. The molecule has 0 aromatic rings. The van der Waals surface area contributed by atoms with Crippen molar-refractivity contribution in [2.75, 3.05) is 6.54 Å². The minimum atomic E-state index is -0.646. The van der Waals surface area contributed by atoms with Gasteiger partial charge in [-0.25, -0.2) is 0 Å². The molecule has 6 aliphatic carbocycles. The van der Waals surface area contributed by atoms with E-state index in [1.165, 1.54) is 0 Å². The van der Waals surface area contributed by atoms with Gasteiger partial charge in [-0.3, -0.25) is 14.4 Å². The first-order chi connectivity index (χ1) is 18.5. The lowest BCUT2D eigenvalue weighted by Gasteiger charge is -2.69. The van der Waals surface area contributed by atoms with E-state index < -0.39 is 10.8 Å². The van der Waals surface area contributed by atoms with E-state index in [0.717, 1.165) is 63.4 Å². The molecule has 1 amide bonds. The maximum atomic E-state index is 14.6. The Hall–Kier alpha value is -2.22. The molecule has 40 heavy (non-hydrogen) atoms. The quantitative estimate of drug-likeness (QED) is 0.427. The third-order valence-corrected chi connectivity index (χ3v) is 13.6. The number of hydrogen-bond donors (Lipinski definition) is 1. The van der Waals surface area contributed by atoms with E-state index in [2.05, 4.69) is 46.0 Å². The van der Waals surface area contributed by atoms with Gasteiger partial charge in [-0.1, -0.05) is 60.1 Å². The highest BCUT2D eigenvalue weighted by molar-refractivity contribution is 6.04. The molecule has 0 radical (unpaired) electrons. The monoisotopic (exact) mass is 544 g/mol. The largest absolute Gasteiger partial charge is 0.355 e. The SMILES string of the molecule is CC1(C)CC[C@]2(CNC(=O)C3CC3)CC[C@]3(C)[C@H](C(=O)C=C4[C@@]5(C)C=C(C#N)C(=O)C(C)(C)[C@@H]5CC[C@]43C)[C@@H]2C1. The Labute approximate surface area is 240 Å². The first kappa shape index (κ1) is 27.9. The number of rotatable bonds is 3. The smallest absolute Gasteiger partial charge is 0.223 e. The van der Waals surface area contributed by atoms with Gasteiger partial charge in [0, 0.05) is 29.2 Å². The van der Waals surface area contributed by atoms with E-state index in [1.54, 1.807) is 0 Å². The standard InChI is InChI=1S/C35H48N2O3/c1-30(2)12-14-35(20-37-29(40)21-8-9-21)15-13-34(7)27(23(35)18-30)24(38)16-26-32(5)17-22(19-36)28(39)31(3,4)25(32)10-11-33(26,34)6/h16-17,21,23,25,27H,8-15,18,20H2,1-7H3,(H,37,40)/t23-,25-,27-,32-,33+,34+,35+/m0/s1. The summed E-state index contributed by atoms with van der Waals surface area (Å²) in [4.78, 5) is 40.6. The van der Waals surface area contributed by atoms with Gasteiger partial charge in [0.2, 0.25) is 5.91 Å². The normalized spacial score (nSPS) is 45.0. The molecule has 5 heteroatoms. The Morgan fingerprint density at radius 3 is 2.30 bits per heavy atom. The molecule has 0 bridgehead atoms. The summed E-state index contributed by atoms with van der Waals surface area (Å²) in [6.45, 7) is 16.3. The van der Waals surface area contributed by atoms with Crippen LogP contribution in [0.1, 0.15) is 106 Å². The molecule has 0 aliphatic heterocycles. The third-order valence-electron chi connectivity index (χ3n) is 13.6. The number of allylic oxidation sites excluding steroid dienone is 4. The fraction of sp³-hybridized carbons (Fsp3) is 0.771. The summed E-state index contributed by atoms with van der Waals surface area (Å²) in [5.74, 6) is 0.786. The van der Waals surface area contributed by atoms with Gasteiger partial charge in [0.25, 0.3) is 0 Å². The second kappa shape index (κ2) is 8.42. The Bertz CT molecular complexity index is 1290. The average Bonchev–Trinajstić information content (AvgIpc) is 3.72. The number of nitriles is 1. The summed E-state index contributed by atoms with van der Waals surface area (Å²) in [6, 6.07) is 2.20. The van der Waals surface area contributed by atoms with Crippen LogP contribution >= 0.6 is 0 Å². The highest BCUT2D eigenvalue weighted by Gasteiger charge is 2.69. The summed E-state index contributed by atoms with van der Waals surface area (Å²) in [5, 5.41) is 13.3. The molecule has 0 unspecified atom stereocenters. The molecular formula is C35H48N2O3. The van der Waals surface area contributed by atoms with Crippen LogP contribution in [0.3, 0.4) is 0 Å². The van der Waals surface area contributed by atoms with Gasteiger partial charge < -0.3 is 5.32 Å². The predicted molar refractivity (Wildman–Crippen MR) is 155 cm³/mol. The average molecular weight is 545 g/mol. The lowest BCUT2D eigenvalue weighted by Crippen LogP contribution is -2.65. The fourth-order valence-electron chi connectivity index (χ4n) is 10.8. The number of fused-ring (bicyclic) bond motifs is 7. The van der Waals surface area contributed by atoms with Gasteiger partial charge >= 0.3 is 0 Å². The number of nitrogens with one attached hydrogen (secondary N) is 1. The van der Waals surface area contributed by atoms with Crippen LogP contribution in [0.5, 0.6) is 0 Å². The van der Waals surface area contributed by atoms with Crippen molar-refractivity contribution in [1.82, 2.24) is 5.32 Å². The van der Waals surface area contributed by atoms with Gasteiger partial charge in [-0.05, 0) is 97.4 Å². The van der Waals surface area contributed by atoms with Crippen molar-refractivity contribution in [3.63, 3.8) is 0 Å². The van der Waals surface area contributed by atoms with Crippen molar-refractivity contribution in [1.29, 1.82) is 5.26 Å². The lowest BCUT2D eigenvalue weighted by molar-refractivity contribution is -0.171. The molecule has 1 N–H and O–H groups in total. The Kier molecular flexibility index (Phi) is 5.88. The number of amides is 1. The van der Waals surface area contributed by atoms with Gasteiger partial charge in [0.05, 0.1) is 5.57 Å². The van der Waals surface area contributed by atoms with Gasteiger partial charge in [0.1, 0.15) is 6.07 Å². The van der Waals surface area contributed by atoms with Crippen LogP contribution in [0.15, 0.2) is 23.3 Å². The number of ketones is 2. The molecular weight excluding hydrogens is 496 g/mol. The van der Waals surface area contributed by atoms with E-state index in [-0.39, 0.29) is 68.4 Å². The van der Waals surface area contributed by atoms with E-state index in [4.69, 9.17) is 0 Å². The Morgan fingerprint density at radius 2 is 1.65 bits per heavy atom. The van der Waals surface area contributed by atoms with Crippen molar-refractivity contribution in [2.24, 2.45) is 56.2 Å². The lowest BCUT2D eigenvalue weighted by atomic mass is 9.34. The van der Waals surface area contributed by atoms with Gasteiger partial charge in [0.15, 0.2) is 11.6 Å². The van der Waals surface area contributed by atoms with E-state index in [0.29, 0.717) is 6.54 Å². The van der Waals surface area contributed by atoms with Crippen molar-refractivity contribution >= 4 is 17.5 Å². The van der Waals surface area contributed by atoms with Gasteiger partial charge in [-0.2, -0.15) is 5.26 Å². The van der Waals surface area contributed by atoms with E-state index in [1.807, 2.05) is 26.0 Å². The first-order valence-electron chi connectivity index (χ1n) is 15.8. The summed E-state index contributed by atoms with van der Waals surface area (Å²) in [6.07, 6.45) is 13.0. The molecule has 0 saturated heterocycles. The summed E-state index contributed by atoms with van der Waals surface area (Å²) in [7, 11) is 0. The molecule has 4 saturated carbocycles. The zero-order valence-electron chi connectivity index (χ0n) is 25.7. The molecule has 0 aromatic carbocycles. The number of hydrogen-bond acceptors (Lipinski definition) is 4. The molecule has 0 heterocycles. The first-order valence-corrected chi connectivity index (χ1v) is 15.8. The molecule has 6 aliphatic rings. The Morgan fingerprint density at radius 1 is 0.975 bits per heavy atom. The molecule has 5 nitrogen and oxygen atoms in total. The predicted octanol–water partition coefficient (Wildman–Crippen LogP) is 6.73. The number of nitrogens with zero attached hydrogens (tertiary/aromatic N) is 1. The molecule has 7 atom stereocenters. The number of Topliss-reactive ketones (excluding diaryl/α,β-unsaturated/α-hetero) is 1. The zero-order chi connectivity index (χ0) is 29.1. The topological polar surface area (TPSA) is 87.0 Å². The number of carbonyl (C=O) groups is 3. The maximum Gasteiger partial charge on any atom is 0.223 e. The van der Waals surface area contributed by atoms with Crippen LogP contribution in [0.25, 0.3) is 0 Å². The van der Waals surface area contributed by atoms with Crippen LogP contribution in [-0.2, 0) is 14.4 Å². The third kappa shape index (κ3) is 3.59. The minimum absolute atomic E-state index is 0.0319. The van der Waals surface area contributed by atoms with Crippen LogP contribution in [0.2, 0.25) is 0 Å². The van der Waals surface area contributed by atoms with Crippen LogP contribution in [-0.4, -0.2) is 24.0 Å². The molecule has 6 rings (SSSR count). The highest BCUT2D eigenvalue weighted by atomic mass is 16.2. The van der Waals surface area contributed by atoms with E-state index >= 15 is 0 Å². The van der Waals surface area contributed by atoms with Crippen molar-refractivity contribution in [3.05, 3.63) is 23.3 Å². The summed E-state index contributed by atoms with van der Waals surface area (Å²) >= 11 is 0. The second-order valence-electron chi connectivity index (χ2n) is 16.6. The van der Waals surface area contributed by atoms with E-state index in [9.17, 15) is 19.6 Å². The summed E-state index contributed by atoms with van der Waals surface area (Å²) < 4.78 is 0. The van der Waals surface area contributed by atoms with Gasteiger partial charge in [-0.15, -0.1) is 0 Å². The maximum absolute atomic E-state index is 14.6. The number of carbonyl (C=O) groups excluding carboxylic acids is 3. The van der Waals surface area contributed by atoms with Crippen LogP contribution < -0.4 is 5.32 Å². The molecule has 216 valence electrons. The van der Waals surface area contributed by atoms with Crippen molar-refractivity contribution in [2.45, 2.75) is 106 Å². The summed E-state index contributed by atoms with van der Waals surface area (Å²) in [5.41, 5.74) is -0.0270. The van der Waals surface area contributed by atoms with Crippen molar-refractivity contribution < 1.29 is 14.4 Å². The second-order valence-corrected chi connectivity index (χ2v) is 16.6. The van der Waals surface area contributed by atoms with Crippen LogP contribution in [0, 0.1) is 67.5 Å². The zero-order valence-corrected chi connectivity index (χ0v) is 25.7. The molecule has 0 spiro atoms. The minimum Gasteiger partial charge on any atom is -0.355 e. The molecule has 0 aromatic heterocycles. The fourth-order valence-corrected chi connectivity index (χ4v) is 10.8. The molecule has 4 fully saturated rings. The highest BCUT2D eigenvalue weighted by Crippen LogP contribution is 2.74.